The molecule has 122 valence electrons. The van der Waals surface area contributed by atoms with Crippen LogP contribution in [0.15, 0.2) is 0 Å². The highest BCUT2D eigenvalue weighted by Gasteiger charge is 2.35. The maximum Gasteiger partial charge on any atom is 0.223 e. The molecule has 1 N–H and O–H groups in total. The number of ether oxygens (including phenoxy) is 1. The molecule has 3 rings (SSSR count). The molecule has 0 aromatic rings. The minimum Gasteiger partial charge on any atom is -0.372 e. The van der Waals surface area contributed by atoms with Gasteiger partial charge in [0.25, 0.3) is 0 Å². The molecule has 3 aliphatic rings. The van der Waals surface area contributed by atoms with Gasteiger partial charge < -0.3 is 15.0 Å². The number of carbonyl (C=O) groups is 1. The lowest BCUT2D eigenvalue weighted by atomic mass is 9.89. The molecule has 4 atom stereocenters. The van der Waals surface area contributed by atoms with Gasteiger partial charge in [-0.15, -0.1) is 12.4 Å². The fraction of sp³-hybridized carbons (Fsp3) is 0.938. The zero-order chi connectivity index (χ0) is 14.1. The third-order valence-corrected chi connectivity index (χ3v) is 5.17. The van der Waals surface area contributed by atoms with Crippen molar-refractivity contribution < 1.29 is 9.53 Å². The van der Waals surface area contributed by atoms with E-state index in [9.17, 15) is 4.79 Å². The Morgan fingerprint density at radius 1 is 1.24 bits per heavy atom. The van der Waals surface area contributed by atoms with Crippen LogP contribution in [0.2, 0.25) is 0 Å². The smallest absolute Gasteiger partial charge is 0.223 e. The first kappa shape index (κ1) is 17.0. The Kier molecular flexibility index (Phi) is 5.92. The van der Waals surface area contributed by atoms with E-state index in [4.69, 9.17) is 4.74 Å². The first-order valence-electron chi connectivity index (χ1n) is 8.33. The van der Waals surface area contributed by atoms with Crippen LogP contribution in [0.3, 0.4) is 0 Å². The van der Waals surface area contributed by atoms with Crippen LogP contribution in [-0.2, 0) is 9.53 Å². The molecule has 0 aliphatic carbocycles. The topological polar surface area (TPSA) is 41.6 Å². The Labute approximate surface area is 134 Å². The van der Waals surface area contributed by atoms with E-state index in [0.29, 0.717) is 23.9 Å². The minimum absolute atomic E-state index is 0. The fourth-order valence-electron chi connectivity index (χ4n) is 4.19. The standard InChI is InChI=1S/C16H28N2O2.ClH/c1-3-15-10-18(9-11(2)20-15)16(19)8-12-6-13-4-5-14(7-12)17-13;/h11-15,17H,3-10H2,1-2H3;1H. The maximum atomic E-state index is 12.6. The van der Waals surface area contributed by atoms with Crippen LogP contribution >= 0.6 is 12.4 Å². The van der Waals surface area contributed by atoms with Crippen LogP contribution < -0.4 is 5.32 Å². The third kappa shape index (κ3) is 4.11. The highest BCUT2D eigenvalue weighted by molar-refractivity contribution is 5.85. The molecular formula is C16H29ClN2O2. The number of nitrogens with zero attached hydrogens (tertiary/aromatic N) is 1. The number of rotatable bonds is 3. The van der Waals surface area contributed by atoms with E-state index in [2.05, 4.69) is 19.2 Å². The predicted molar refractivity (Wildman–Crippen MR) is 85.7 cm³/mol. The molecule has 5 heteroatoms. The number of carbonyl (C=O) groups excluding carboxylic acids is 1. The van der Waals surface area contributed by atoms with Crippen molar-refractivity contribution in [1.82, 2.24) is 10.2 Å². The summed E-state index contributed by atoms with van der Waals surface area (Å²) >= 11 is 0. The Bertz CT molecular complexity index is 354. The summed E-state index contributed by atoms with van der Waals surface area (Å²) in [5.41, 5.74) is 0. The quantitative estimate of drug-likeness (QED) is 0.869. The molecule has 0 radical (unpaired) electrons. The SMILES string of the molecule is CCC1CN(C(=O)CC2CC3CCC(C2)N3)CC(C)O1.Cl. The first-order valence-corrected chi connectivity index (χ1v) is 8.33. The summed E-state index contributed by atoms with van der Waals surface area (Å²) in [4.78, 5) is 14.6. The number of amides is 1. The second kappa shape index (κ2) is 7.30. The summed E-state index contributed by atoms with van der Waals surface area (Å²) < 4.78 is 5.85. The van der Waals surface area contributed by atoms with Crippen molar-refractivity contribution >= 4 is 18.3 Å². The van der Waals surface area contributed by atoms with Crippen LogP contribution in [0, 0.1) is 5.92 Å². The number of hydrogen-bond acceptors (Lipinski definition) is 3. The van der Waals surface area contributed by atoms with Gasteiger partial charge in [-0.2, -0.15) is 0 Å². The molecule has 0 spiro atoms. The van der Waals surface area contributed by atoms with E-state index in [1.807, 2.05) is 4.90 Å². The lowest BCUT2D eigenvalue weighted by Gasteiger charge is -2.38. The van der Waals surface area contributed by atoms with Gasteiger partial charge in [-0.05, 0) is 44.9 Å². The highest BCUT2D eigenvalue weighted by Crippen LogP contribution is 2.33. The molecule has 1 amide bonds. The first-order chi connectivity index (χ1) is 9.64. The molecule has 0 aromatic carbocycles. The van der Waals surface area contributed by atoms with E-state index in [0.717, 1.165) is 25.9 Å². The number of halogens is 1. The van der Waals surface area contributed by atoms with Gasteiger partial charge in [-0.3, -0.25) is 4.79 Å². The van der Waals surface area contributed by atoms with Crippen LogP contribution in [0.5, 0.6) is 0 Å². The lowest BCUT2D eigenvalue weighted by Crippen LogP contribution is -2.49. The van der Waals surface area contributed by atoms with E-state index in [1.54, 1.807) is 0 Å². The monoisotopic (exact) mass is 316 g/mol. The number of piperidine rings is 1. The molecule has 2 bridgehead atoms. The molecule has 0 saturated carbocycles. The second-order valence-electron chi connectivity index (χ2n) is 6.96. The normalized spacial score (nSPS) is 39.0. The minimum atomic E-state index is 0. The molecule has 4 nitrogen and oxygen atoms in total. The van der Waals surface area contributed by atoms with Crippen molar-refractivity contribution in [3.8, 4) is 0 Å². The van der Waals surface area contributed by atoms with E-state index in [1.165, 1.54) is 25.7 Å². The average molecular weight is 317 g/mol. The summed E-state index contributed by atoms with van der Waals surface area (Å²) in [6, 6.07) is 1.36. The summed E-state index contributed by atoms with van der Waals surface area (Å²) in [5, 5.41) is 3.65. The van der Waals surface area contributed by atoms with Gasteiger partial charge in [0.2, 0.25) is 5.91 Å². The lowest BCUT2D eigenvalue weighted by molar-refractivity contribution is -0.145. The van der Waals surface area contributed by atoms with Crippen molar-refractivity contribution in [1.29, 1.82) is 0 Å². The van der Waals surface area contributed by atoms with E-state index >= 15 is 0 Å². The van der Waals surface area contributed by atoms with Gasteiger partial charge in [0.1, 0.15) is 0 Å². The Balaban J connectivity index is 0.00000161. The van der Waals surface area contributed by atoms with Crippen LogP contribution in [0.25, 0.3) is 0 Å². The molecule has 3 saturated heterocycles. The van der Waals surface area contributed by atoms with Gasteiger partial charge >= 0.3 is 0 Å². The Hall–Kier alpha value is -0.320. The number of morpholine rings is 1. The summed E-state index contributed by atoms with van der Waals surface area (Å²) in [7, 11) is 0. The number of nitrogens with one attached hydrogen (secondary N) is 1. The molecule has 3 fully saturated rings. The average Bonchev–Trinajstić information content (AvgIpc) is 2.77. The molecule has 0 aromatic heterocycles. The molecule has 3 heterocycles. The largest absolute Gasteiger partial charge is 0.372 e. The third-order valence-electron chi connectivity index (χ3n) is 5.17. The maximum absolute atomic E-state index is 12.6. The van der Waals surface area contributed by atoms with Crippen molar-refractivity contribution in [2.75, 3.05) is 13.1 Å². The number of hydrogen-bond donors (Lipinski definition) is 1. The zero-order valence-electron chi connectivity index (χ0n) is 13.2. The van der Waals surface area contributed by atoms with Crippen LogP contribution in [0.4, 0.5) is 0 Å². The zero-order valence-corrected chi connectivity index (χ0v) is 14.0. The van der Waals surface area contributed by atoms with Crippen molar-refractivity contribution in [2.45, 2.75) is 76.7 Å². The van der Waals surface area contributed by atoms with Gasteiger partial charge in [0.05, 0.1) is 12.2 Å². The Morgan fingerprint density at radius 2 is 1.90 bits per heavy atom. The van der Waals surface area contributed by atoms with Gasteiger partial charge in [-0.1, -0.05) is 6.92 Å². The fourth-order valence-corrected chi connectivity index (χ4v) is 4.19. The van der Waals surface area contributed by atoms with E-state index < -0.39 is 0 Å². The van der Waals surface area contributed by atoms with Gasteiger partial charge in [0.15, 0.2) is 0 Å². The van der Waals surface area contributed by atoms with Crippen molar-refractivity contribution in [3.05, 3.63) is 0 Å². The van der Waals surface area contributed by atoms with Crippen molar-refractivity contribution in [2.24, 2.45) is 5.92 Å². The molecule has 4 unspecified atom stereocenters. The van der Waals surface area contributed by atoms with Crippen LogP contribution in [-0.4, -0.2) is 48.2 Å². The van der Waals surface area contributed by atoms with Gasteiger partial charge in [0, 0.05) is 31.6 Å². The van der Waals surface area contributed by atoms with Gasteiger partial charge in [-0.25, -0.2) is 0 Å². The van der Waals surface area contributed by atoms with E-state index in [-0.39, 0.29) is 24.6 Å². The van der Waals surface area contributed by atoms with Crippen LogP contribution in [0.1, 0.15) is 52.4 Å². The molecule has 3 aliphatic heterocycles. The highest BCUT2D eigenvalue weighted by atomic mass is 35.5. The molecular weight excluding hydrogens is 288 g/mol. The Morgan fingerprint density at radius 3 is 2.52 bits per heavy atom. The second-order valence-corrected chi connectivity index (χ2v) is 6.96. The predicted octanol–water partition coefficient (Wildman–Crippen LogP) is 2.35. The molecule has 21 heavy (non-hydrogen) atoms. The summed E-state index contributed by atoms with van der Waals surface area (Å²) in [5.74, 6) is 0.948. The summed E-state index contributed by atoms with van der Waals surface area (Å²) in [6.07, 6.45) is 7.15. The number of fused-ring (bicyclic) bond motifs is 2. The summed E-state index contributed by atoms with van der Waals surface area (Å²) in [6.45, 7) is 5.77. The van der Waals surface area contributed by atoms with Crippen molar-refractivity contribution in [3.63, 3.8) is 0 Å².